The summed E-state index contributed by atoms with van der Waals surface area (Å²) in [6.07, 6.45) is 0. The van der Waals surface area contributed by atoms with Gasteiger partial charge in [0.05, 0.1) is 24.3 Å². The second kappa shape index (κ2) is 6.19. The average molecular weight is 359 g/mol. The summed E-state index contributed by atoms with van der Waals surface area (Å²) in [5.41, 5.74) is 0.240. The van der Waals surface area contributed by atoms with Gasteiger partial charge in [0.15, 0.2) is 5.69 Å². The molecule has 0 amide bonds. The van der Waals surface area contributed by atoms with E-state index < -0.39 is 23.3 Å². The highest BCUT2D eigenvalue weighted by Gasteiger charge is 2.41. The number of alkyl halides is 2. The van der Waals surface area contributed by atoms with Gasteiger partial charge in [0.2, 0.25) is 0 Å². The molecule has 0 bridgehead atoms. The minimum Gasteiger partial charge on any atom is -0.477 e. The highest BCUT2D eigenvalue weighted by Crippen LogP contribution is 2.32. The third-order valence-corrected chi connectivity index (χ3v) is 4.09. The van der Waals surface area contributed by atoms with E-state index in [1.807, 2.05) is 0 Å². The fraction of sp³-hybridized carbons (Fsp3) is 0.167. The van der Waals surface area contributed by atoms with Crippen LogP contribution >= 0.6 is 0 Å². The van der Waals surface area contributed by atoms with E-state index >= 15 is 0 Å². The number of carboxylic acids is 1. The Labute approximate surface area is 146 Å². The first-order chi connectivity index (χ1) is 12.3. The lowest BCUT2D eigenvalue weighted by atomic mass is 10.1. The van der Waals surface area contributed by atoms with Gasteiger partial charge in [0, 0.05) is 16.5 Å². The van der Waals surface area contributed by atoms with Gasteiger partial charge in [-0.2, -0.15) is 13.9 Å². The molecule has 0 radical (unpaired) electrons. The van der Waals surface area contributed by atoms with Crippen molar-refractivity contribution < 1.29 is 23.1 Å². The van der Waals surface area contributed by atoms with E-state index in [0.29, 0.717) is 11.1 Å². The van der Waals surface area contributed by atoms with Crippen molar-refractivity contribution in [3.05, 3.63) is 70.5 Å². The molecule has 0 atom stereocenters. The van der Waals surface area contributed by atoms with Crippen molar-refractivity contribution in [2.45, 2.75) is 19.4 Å². The zero-order valence-corrected chi connectivity index (χ0v) is 13.5. The Balaban J connectivity index is 2.16. The van der Waals surface area contributed by atoms with Gasteiger partial charge in [-0.05, 0) is 19.1 Å². The van der Waals surface area contributed by atoms with E-state index in [-0.39, 0.29) is 23.3 Å². The molecule has 0 unspecified atom stereocenters. The van der Waals surface area contributed by atoms with E-state index in [4.69, 9.17) is 11.7 Å². The number of aryl methyl sites for hydroxylation is 1. The topological polar surface area (TPSA) is 59.5 Å². The predicted octanol–water partition coefficient (Wildman–Crippen LogP) is 4.26. The largest absolute Gasteiger partial charge is 0.477 e. The standard InChI is InChI=1S/C18H12F3N3O2/c1-10-12-7-6-11(18(20,21)17(25)26)8-16(12)24(23-10)9-13-14(19)4-3-5-15(13)22-2/h3-8H,9H2,1H3,(H,25,26). The molecule has 26 heavy (non-hydrogen) atoms. The van der Waals surface area contributed by atoms with Gasteiger partial charge in [-0.15, -0.1) is 0 Å². The van der Waals surface area contributed by atoms with E-state index in [0.717, 1.165) is 12.1 Å². The first kappa shape index (κ1) is 17.5. The monoisotopic (exact) mass is 359 g/mol. The van der Waals surface area contributed by atoms with Crippen LogP contribution in [-0.2, 0) is 17.3 Å². The molecule has 3 aromatic rings. The molecular formula is C18H12F3N3O2. The number of hydrogen-bond donors (Lipinski definition) is 1. The minimum atomic E-state index is -4.06. The SMILES string of the molecule is [C-]#[N+]c1cccc(F)c1Cn1nc(C)c2ccc(C(F)(F)C(=O)O)cc21. The molecule has 0 aliphatic carbocycles. The number of carboxylic acid groups (broad SMARTS) is 1. The van der Waals surface area contributed by atoms with Gasteiger partial charge >= 0.3 is 11.9 Å². The molecule has 8 heteroatoms. The lowest BCUT2D eigenvalue weighted by Gasteiger charge is -2.12. The van der Waals surface area contributed by atoms with Crippen LogP contribution in [0, 0.1) is 19.3 Å². The van der Waals surface area contributed by atoms with Crippen molar-refractivity contribution in [3.8, 4) is 0 Å². The number of halogens is 3. The zero-order valence-electron chi connectivity index (χ0n) is 13.5. The second-order valence-electron chi connectivity index (χ2n) is 5.70. The molecular weight excluding hydrogens is 347 g/mol. The number of benzene rings is 2. The fourth-order valence-corrected chi connectivity index (χ4v) is 2.74. The quantitative estimate of drug-likeness (QED) is 0.708. The summed E-state index contributed by atoms with van der Waals surface area (Å²) in [7, 11) is 0. The molecule has 5 nitrogen and oxygen atoms in total. The summed E-state index contributed by atoms with van der Waals surface area (Å²) in [4.78, 5) is 14.1. The summed E-state index contributed by atoms with van der Waals surface area (Å²) < 4.78 is 43.1. The van der Waals surface area contributed by atoms with Crippen LogP contribution in [0.15, 0.2) is 36.4 Å². The van der Waals surface area contributed by atoms with Crippen LogP contribution < -0.4 is 0 Å². The molecule has 0 fully saturated rings. The Morgan fingerprint density at radius 1 is 1.35 bits per heavy atom. The maximum absolute atomic E-state index is 14.1. The lowest BCUT2D eigenvalue weighted by molar-refractivity contribution is -0.166. The van der Waals surface area contributed by atoms with Crippen molar-refractivity contribution in [2.24, 2.45) is 0 Å². The molecule has 0 aliphatic heterocycles. The van der Waals surface area contributed by atoms with E-state index in [2.05, 4.69) is 9.94 Å². The van der Waals surface area contributed by atoms with E-state index in [1.54, 1.807) is 6.92 Å². The molecule has 0 spiro atoms. The third-order valence-electron chi connectivity index (χ3n) is 4.09. The molecule has 132 valence electrons. The molecule has 0 saturated carbocycles. The number of aliphatic carboxylic acids is 1. The van der Waals surface area contributed by atoms with Crippen molar-refractivity contribution >= 4 is 22.6 Å². The molecule has 1 aromatic heterocycles. The van der Waals surface area contributed by atoms with Crippen LogP contribution in [0.4, 0.5) is 18.9 Å². The molecule has 1 heterocycles. The van der Waals surface area contributed by atoms with Crippen LogP contribution in [0.2, 0.25) is 0 Å². The molecule has 2 aromatic carbocycles. The minimum absolute atomic E-state index is 0.0855. The summed E-state index contributed by atoms with van der Waals surface area (Å²) >= 11 is 0. The van der Waals surface area contributed by atoms with Crippen LogP contribution in [0.3, 0.4) is 0 Å². The Hall–Kier alpha value is -3.34. The first-order valence-electron chi connectivity index (χ1n) is 7.49. The van der Waals surface area contributed by atoms with Gasteiger partial charge in [-0.3, -0.25) is 4.68 Å². The number of hydrogen-bond acceptors (Lipinski definition) is 2. The summed E-state index contributed by atoms with van der Waals surface area (Å²) in [5.74, 6) is -6.92. The number of aromatic nitrogens is 2. The number of rotatable bonds is 4. The average Bonchev–Trinajstić information content (AvgIpc) is 2.92. The number of nitrogens with zero attached hydrogens (tertiary/aromatic N) is 3. The fourth-order valence-electron chi connectivity index (χ4n) is 2.74. The summed E-state index contributed by atoms with van der Waals surface area (Å²) in [6.45, 7) is 8.66. The van der Waals surface area contributed by atoms with Gasteiger partial charge in [-0.1, -0.05) is 24.3 Å². The van der Waals surface area contributed by atoms with Crippen molar-refractivity contribution in [3.63, 3.8) is 0 Å². The smallest absolute Gasteiger partial charge is 0.379 e. The Morgan fingerprint density at radius 2 is 2.08 bits per heavy atom. The predicted molar refractivity (Wildman–Crippen MR) is 87.8 cm³/mol. The zero-order chi connectivity index (χ0) is 19.1. The van der Waals surface area contributed by atoms with Gasteiger partial charge < -0.3 is 5.11 Å². The van der Waals surface area contributed by atoms with Crippen LogP contribution in [-0.4, -0.2) is 20.9 Å². The van der Waals surface area contributed by atoms with E-state index in [9.17, 15) is 18.0 Å². The number of fused-ring (bicyclic) bond motifs is 1. The van der Waals surface area contributed by atoms with Crippen molar-refractivity contribution in [1.29, 1.82) is 0 Å². The van der Waals surface area contributed by atoms with Crippen LogP contribution in [0.5, 0.6) is 0 Å². The maximum atomic E-state index is 14.1. The molecule has 3 rings (SSSR count). The Kier molecular flexibility index (Phi) is 4.16. The maximum Gasteiger partial charge on any atom is 0.379 e. The number of carbonyl (C=O) groups is 1. The molecule has 0 saturated heterocycles. The summed E-state index contributed by atoms with van der Waals surface area (Å²) in [5, 5.41) is 13.5. The highest BCUT2D eigenvalue weighted by molar-refractivity contribution is 5.85. The van der Waals surface area contributed by atoms with Crippen LogP contribution in [0.25, 0.3) is 15.7 Å². The normalized spacial score (nSPS) is 11.5. The van der Waals surface area contributed by atoms with Crippen molar-refractivity contribution in [2.75, 3.05) is 0 Å². The first-order valence-corrected chi connectivity index (χ1v) is 7.49. The van der Waals surface area contributed by atoms with Crippen LogP contribution in [0.1, 0.15) is 16.8 Å². The van der Waals surface area contributed by atoms with Gasteiger partial charge in [0.25, 0.3) is 0 Å². The molecule has 0 aliphatic rings. The van der Waals surface area contributed by atoms with Gasteiger partial charge in [-0.25, -0.2) is 14.0 Å². The third kappa shape index (κ3) is 2.77. The van der Waals surface area contributed by atoms with Gasteiger partial charge in [0.1, 0.15) is 5.82 Å². The summed E-state index contributed by atoms with van der Waals surface area (Å²) in [6, 6.07) is 7.48. The Bertz CT molecular complexity index is 1070. The second-order valence-corrected chi connectivity index (χ2v) is 5.70. The lowest BCUT2D eigenvalue weighted by Crippen LogP contribution is -2.25. The molecule has 1 N–H and O–H groups in total. The van der Waals surface area contributed by atoms with E-state index in [1.165, 1.54) is 28.9 Å². The van der Waals surface area contributed by atoms with Crippen molar-refractivity contribution in [1.82, 2.24) is 9.78 Å². The highest BCUT2D eigenvalue weighted by atomic mass is 19.3. The Morgan fingerprint density at radius 3 is 2.73 bits per heavy atom.